The number of hydrogen-bond acceptors (Lipinski definition) is 6. The molecular weight excluding hydrogens is 252 g/mol. The minimum Gasteiger partial charge on any atom is -0.469 e. The van der Waals surface area contributed by atoms with Crippen molar-refractivity contribution in [3.63, 3.8) is 0 Å². The fraction of sp³-hybridized carbons (Fsp3) is 0.615. The first-order valence-electron chi connectivity index (χ1n) is 5.95. The van der Waals surface area contributed by atoms with Crippen LogP contribution in [0.4, 0.5) is 0 Å². The van der Waals surface area contributed by atoms with Crippen molar-refractivity contribution in [1.29, 1.82) is 0 Å². The van der Waals surface area contributed by atoms with Crippen molar-refractivity contribution >= 4 is 17.9 Å². The molecule has 0 spiro atoms. The summed E-state index contributed by atoms with van der Waals surface area (Å²) in [5.74, 6) is -3.48. The predicted molar refractivity (Wildman–Crippen MR) is 64.9 cm³/mol. The van der Waals surface area contributed by atoms with Gasteiger partial charge in [0.05, 0.1) is 27.2 Å². The Morgan fingerprint density at radius 3 is 2.11 bits per heavy atom. The van der Waals surface area contributed by atoms with Gasteiger partial charge in [0.1, 0.15) is 0 Å². The summed E-state index contributed by atoms with van der Waals surface area (Å²) in [7, 11) is 3.74. The van der Waals surface area contributed by atoms with Crippen LogP contribution in [-0.2, 0) is 28.6 Å². The van der Waals surface area contributed by atoms with E-state index < -0.39 is 23.8 Å². The minimum absolute atomic E-state index is 0.345. The third-order valence-electron chi connectivity index (χ3n) is 3.23. The SMILES string of the molecule is COC(=O)C(C(=O)OC)[C@@H]1C=CC[C@H](C(=O)OC)C1. The molecule has 0 fully saturated rings. The van der Waals surface area contributed by atoms with E-state index in [4.69, 9.17) is 0 Å². The molecule has 0 N–H and O–H groups in total. The Balaban J connectivity index is 2.88. The van der Waals surface area contributed by atoms with E-state index in [0.717, 1.165) is 0 Å². The molecule has 1 aliphatic rings. The Labute approximate surface area is 111 Å². The van der Waals surface area contributed by atoms with Gasteiger partial charge in [-0.3, -0.25) is 14.4 Å². The molecule has 6 heteroatoms. The molecule has 0 aliphatic heterocycles. The van der Waals surface area contributed by atoms with Crippen LogP contribution in [0.15, 0.2) is 12.2 Å². The number of ether oxygens (including phenoxy) is 3. The Morgan fingerprint density at radius 2 is 1.63 bits per heavy atom. The maximum atomic E-state index is 11.7. The van der Waals surface area contributed by atoms with E-state index in [2.05, 4.69) is 14.2 Å². The fourth-order valence-electron chi connectivity index (χ4n) is 2.23. The number of methoxy groups -OCH3 is 3. The molecule has 1 aliphatic carbocycles. The monoisotopic (exact) mass is 270 g/mol. The lowest BCUT2D eigenvalue weighted by Gasteiger charge is -2.26. The quantitative estimate of drug-likeness (QED) is 0.324. The standard InChI is InChI=1S/C13H18O6/c1-17-11(14)9-6-4-5-8(7-9)10(12(15)18-2)13(16)19-3/h4-5,8-10H,6-7H2,1-3H3/t8-,9+/m1/s1. The van der Waals surface area contributed by atoms with Gasteiger partial charge in [-0.1, -0.05) is 12.2 Å². The smallest absolute Gasteiger partial charge is 0.320 e. The van der Waals surface area contributed by atoms with Gasteiger partial charge in [0, 0.05) is 5.92 Å². The van der Waals surface area contributed by atoms with Gasteiger partial charge >= 0.3 is 17.9 Å². The van der Waals surface area contributed by atoms with Gasteiger partial charge in [-0.15, -0.1) is 0 Å². The van der Waals surface area contributed by atoms with Crippen LogP contribution in [0.3, 0.4) is 0 Å². The average molecular weight is 270 g/mol. The Bertz CT molecular complexity index is 371. The molecular formula is C13H18O6. The average Bonchev–Trinajstić information content (AvgIpc) is 2.46. The Morgan fingerprint density at radius 1 is 1.05 bits per heavy atom. The number of esters is 3. The maximum Gasteiger partial charge on any atom is 0.320 e. The molecule has 19 heavy (non-hydrogen) atoms. The number of hydrogen-bond donors (Lipinski definition) is 0. The largest absolute Gasteiger partial charge is 0.469 e. The van der Waals surface area contributed by atoms with Crippen molar-refractivity contribution in [2.45, 2.75) is 12.8 Å². The third kappa shape index (κ3) is 3.56. The molecule has 6 nitrogen and oxygen atoms in total. The van der Waals surface area contributed by atoms with Gasteiger partial charge in [0.2, 0.25) is 0 Å². The van der Waals surface area contributed by atoms with E-state index in [1.165, 1.54) is 21.3 Å². The van der Waals surface area contributed by atoms with Crippen LogP contribution in [-0.4, -0.2) is 39.2 Å². The summed E-state index contributed by atoms with van der Waals surface area (Å²) in [6, 6.07) is 0. The molecule has 2 atom stereocenters. The highest BCUT2D eigenvalue weighted by Crippen LogP contribution is 2.31. The molecule has 0 unspecified atom stereocenters. The third-order valence-corrected chi connectivity index (χ3v) is 3.23. The predicted octanol–water partition coefficient (Wildman–Crippen LogP) is 0.704. The lowest BCUT2D eigenvalue weighted by molar-refractivity contribution is -0.162. The summed E-state index contributed by atoms with van der Waals surface area (Å²) in [4.78, 5) is 34.9. The molecule has 0 saturated heterocycles. The molecule has 0 aromatic heterocycles. The summed E-state index contributed by atoms with van der Waals surface area (Å²) < 4.78 is 13.9. The van der Waals surface area contributed by atoms with E-state index in [1.807, 2.05) is 0 Å². The van der Waals surface area contributed by atoms with E-state index in [9.17, 15) is 14.4 Å². The number of allylic oxidation sites excluding steroid dienone is 2. The molecule has 1 rings (SSSR count). The second-order valence-corrected chi connectivity index (χ2v) is 4.31. The second kappa shape index (κ2) is 6.92. The molecule has 106 valence electrons. The van der Waals surface area contributed by atoms with Crippen LogP contribution in [0.1, 0.15) is 12.8 Å². The van der Waals surface area contributed by atoms with Crippen molar-refractivity contribution in [3.8, 4) is 0 Å². The van der Waals surface area contributed by atoms with E-state index in [0.29, 0.717) is 12.8 Å². The molecule has 0 amide bonds. The van der Waals surface area contributed by atoms with Crippen molar-refractivity contribution in [2.24, 2.45) is 17.8 Å². The topological polar surface area (TPSA) is 78.9 Å². The van der Waals surface area contributed by atoms with Crippen LogP contribution in [0.2, 0.25) is 0 Å². The molecule has 0 bridgehead atoms. The van der Waals surface area contributed by atoms with Crippen LogP contribution in [0, 0.1) is 17.8 Å². The van der Waals surface area contributed by atoms with Crippen molar-refractivity contribution < 1.29 is 28.6 Å². The van der Waals surface area contributed by atoms with Crippen LogP contribution in [0.5, 0.6) is 0 Å². The highest BCUT2D eigenvalue weighted by Gasteiger charge is 2.39. The first-order valence-corrected chi connectivity index (χ1v) is 5.95. The molecule has 0 aromatic carbocycles. The summed E-state index contributed by atoms with van der Waals surface area (Å²) in [6.45, 7) is 0. The minimum atomic E-state index is -1.04. The number of carbonyl (C=O) groups is 3. The zero-order valence-corrected chi connectivity index (χ0v) is 11.3. The number of carbonyl (C=O) groups excluding carboxylic acids is 3. The van der Waals surface area contributed by atoms with Crippen molar-refractivity contribution in [3.05, 3.63) is 12.2 Å². The lowest BCUT2D eigenvalue weighted by atomic mass is 9.79. The van der Waals surface area contributed by atoms with Gasteiger partial charge < -0.3 is 14.2 Å². The molecule has 0 radical (unpaired) electrons. The van der Waals surface area contributed by atoms with E-state index in [-0.39, 0.29) is 11.9 Å². The van der Waals surface area contributed by atoms with Crippen molar-refractivity contribution in [1.82, 2.24) is 0 Å². The van der Waals surface area contributed by atoms with Crippen LogP contribution < -0.4 is 0 Å². The number of rotatable bonds is 4. The zero-order valence-electron chi connectivity index (χ0n) is 11.3. The fourth-order valence-corrected chi connectivity index (χ4v) is 2.23. The van der Waals surface area contributed by atoms with Gasteiger partial charge in [0.25, 0.3) is 0 Å². The maximum absolute atomic E-state index is 11.7. The van der Waals surface area contributed by atoms with Crippen molar-refractivity contribution in [2.75, 3.05) is 21.3 Å². The first kappa shape index (κ1) is 15.2. The summed E-state index contributed by atoms with van der Waals surface area (Å²) >= 11 is 0. The van der Waals surface area contributed by atoms with Gasteiger partial charge in [-0.25, -0.2) is 0 Å². The molecule has 0 heterocycles. The summed E-state index contributed by atoms with van der Waals surface area (Å²) in [6.07, 6.45) is 4.42. The zero-order chi connectivity index (χ0) is 14.4. The van der Waals surface area contributed by atoms with Crippen LogP contribution in [0.25, 0.3) is 0 Å². The first-order chi connectivity index (χ1) is 9.04. The molecule has 0 saturated carbocycles. The second-order valence-electron chi connectivity index (χ2n) is 4.31. The normalized spacial score (nSPS) is 21.9. The van der Waals surface area contributed by atoms with Crippen LogP contribution >= 0.6 is 0 Å². The highest BCUT2D eigenvalue weighted by atomic mass is 16.5. The molecule has 0 aromatic rings. The van der Waals surface area contributed by atoms with Gasteiger partial charge in [-0.2, -0.15) is 0 Å². The Hall–Kier alpha value is -1.85. The van der Waals surface area contributed by atoms with E-state index >= 15 is 0 Å². The lowest BCUT2D eigenvalue weighted by Crippen LogP contribution is -2.35. The summed E-state index contributed by atoms with van der Waals surface area (Å²) in [5.41, 5.74) is 0. The highest BCUT2D eigenvalue weighted by molar-refractivity contribution is 5.95. The van der Waals surface area contributed by atoms with Gasteiger partial charge in [-0.05, 0) is 12.8 Å². The van der Waals surface area contributed by atoms with E-state index in [1.54, 1.807) is 12.2 Å². The Kier molecular flexibility index (Phi) is 5.54. The summed E-state index contributed by atoms with van der Waals surface area (Å²) in [5, 5.41) is 0. The van der Waals surface area contributed by atoms with Gasteiger partial charge in [0.15, 0.2) is 5.92 Å².